The Morgan fingerprint density at radius 2 is 2.14 bits per heavy atom. The van der Waals surface area contributed by atoms with Crippen LogP contribution in [0.5, 0.6) is 5.75 Å². The molecule has 4 rings (SSSR count). The zero-order valence-corrected chi connectivity index (χ0v) is 13.0. The summed E-state index contributed by atoms with van der Waals surface area (Å²) in [7, 11) is 0. The summed E-state index contributed by atoms with van der Waals surface area (Å²) in [5.74, 6) is 0.875. The van der Waals surface area contributed by atoms with Crippen molar-refractivity contribution in [1.29, 1.82) is 0 Å². The highest BCUT2D eigenvalue weighted by Gasteiger charge is 2.24. The first-order chi connectivity index (χ1) is 10.8. The summed E-state index contributed by atoms with van der Waals surface area (Å²) in [6.45, 7) is 2.88. The zero-order valence-electron chi connectivity index (χ0n) is 12.2. The maximum atomic E-state index is 12.6. The average Bonchev–Trinajstić information content (AvgIpc) is 3.27. The van der Waals surface area contributed by atoms with E-state index in [1.807, 2.05) is 29.2 Å². The average molecular weight is 315 g/mol. The molecule has 1 aromatic carbocycles. The lowest BCUT2D eigenvalue weighted by atomic mass is 10.1. The molecule has 3 heterocycles. The van der Waals surface area contributed by atoms with Crippen molar-refractivity contribution in [2.75, 3.05) is 19.8 Å². The van der Waals surface area contributed by atoms with E-state index in [0.717, 1.165) is 31.9 Å². The van der Waals surface area contributed by atoms with Gasteiger partial charge in [0.1, 0.15) is 18.5 Å². The molecule has 1 amide bonds. The van der Waals surface area contributed by atoms with Gasteiger partial charge in [0.2, 0.25) is 0 Å². The third-order valence-corrected chi connectivity index (χ3v) is 5.06. The largest absolute Gasteiger partial charge is 0.491 e. The number of fused-ring (bicyclic) bond motifs is 1. The van der Waals surface area contributed by atoms with Crippen LogP contribution >= 0.6 is 11.3 Å². The van der Waals surface area contributed by atoms with Crippen LogP contribution in [0.25, 0.3) is 0 Å². The van der Waals surface area contributed by atoms with E-state index in [1.54, 1.807) is 11.3 Å². The number of benzene rings is 1. The van der Waals surface area contributed by atoms with Crippen LogP contribution in [-0.4, -0.2) is 36.7 Å². The molecule has 2 aliphatic heterocycles. The zero-order chi connectivity index (χ0) is 14.9. The molecule has 1 saturated heterocycles. The molecule has 0 N–H and O–H groups in total. The van der Waals surface area contributed by atoms with Crippen LogP contribution in [-0.2, 0) is 17.7 Å². The predicted molar refractivity (Wildman–Crippen MR) is 84.4 cm³/mol. The van der Waals surface area contributed by atoms with Crippen LogP contribution in [0.1, 0.15) is 20.8 Å². The highest BCUT2D eigenvalue weighted by atomic mass is 32.1. The number of hydrogen-bond donors (Lipinski definition) is 0. The highest BCUT2D eigenvalue weighted by molar-refractivity contribution is 7.10. The quantitative estimate of drug-likeness (QED) is 0.815. The van der Waals surface area contributed by atoms with Crippen molar-refractivity contribution < 1.29 is 14.3 Å². The van der Waals surface area contributed by atoms with Gasteiger partial charge in [0, 0.05) is 23.5 Å². The van der Waals surface area contributed by atoms with Crippen LogP contribution < -0.4 is 4.74 Å². The molecule has 0 bridgehead atoms. The first kappa shape index (κ1) is 13.8. The van der Waals surface area contributed by atoms with E-state index < -0.39 is 0 Å². The fourth-order valence-corrected chi connectivity index (χ4v) is 3.54. The summed E-state index contributed by atoms with van der Waals surface area (Å²) >= 11 is 1.78. The summed E-state index contributed by atoms with van der Waals surface area (Å²) in [5.41, 5.74) is 2.00. The van der Waals surface area contributed by atoms with Gasteiger partial charge in [0.25, 0.3) is 5.91 Å². The minimum Gasteiger partial charge on any atom is -0.491 e. The maximum Gasteiger partial charge on any atom is 0.254 e. The number of hydrogen-bond acceptors (Lipinski definition) is 4. The van der Waals surface area contributed by atoms with E-state index in [0.29, 0.717) is 12.2 Å². The van der Waals surface area contributed by atoms with Crippen molar-refractivity contribution in [2.24, 2.45) is 0 Å². The van der Waals surface area contributed by atoms with E-state index >= 15 is 0 Å². The van der Waals surface area contributed by atoms with Gasteiger partial charge < -0.3 is 14.4 Å². The standard InChI is InChI=1S/C17H17NO3S/c19-17(18-7-5-16-13(9-18)6-8-22-16)12-1-3-14(4-2-12)20-10-15-11-21-15/h1-4,6,8,15H,5,7,9-11H2. The lowest BCUT2D eigenvalue weighted by Crippen LogP contribution is -2.35. The Kier molecular flexibility index (Phi) is 3.60. The highest BCUT2D eigenvalue weighted by Crippen LogP contribution is 2.25. The normalized spacial score (nSPS) is 19.6. The molecule has 1 unspecified atom stereocenters. The Balaban J connectivity index is 1.41. The number of rotatable bonds is 4. The minimum atomic E-state index is 0.0916. The fourth-order valence-electron chi connectivity index (χ4n) is 2.65. The molecule has 0 spiro atoms. The second-order valence-corrected chi connectivity index (χ2v) is 6.64. The molecule has 114 valence electrons. The number of epoxide rings is 1. The predicted octanol–water partition coefficient (Wildman–Crippen LogP) is 2.72. The van der Waals surface area contributed by atoms with Gasteiger partial charge in [-0.15, -0.1) is 11.3 Å². The Bertz CT molecular complexity index is 675. The van der Waals surface area contributed by atoms with E-state index in [9.17, 15) is 4.79 Å². The van der Waals surface area contributed by atoms with Crippen LogP contribution in [0.2, 0.25) is 0 Å². The van der Waals surface area contributed by atoms with E-state index in [4.69, 9.17) is 9.47 Å². The molecule has 1 aromatic heterocycles. The Labute approximate surface area is 133 Å². The molecule has 2 aliphatic rings. The van der Waals surface area contributed by atoms with Gasteiger partial charge in [-0.05, 0) is 47.7 Å². The Morgan fingerprint density at radius 1 is 1.32 bits per heavy atom. The van der Waals surface area contributed by atoms with E-state index in [2.05, 4.69) is 11.4 Å². The lowest BCUT2D eigenvalue weighted by Gasteiger charge is -2.27. The fraction of sp³-hybridized carbons (Fsp3) is 0.353. The molecule has 1 fully saturated rings. The van der Waals surface area contributed by atoms with Crippen LogP contribution in [0.4, 0.5) is 0 Å². The molecular weight excluding hydrogens is 298 g/mol. The van der Waals surface area contributed by atoms with Gasteiger partial charge in [0.05, 0.1) is 6.61 Å². The second kappa shape index (κ2) is 5.74. The van der Waals surface area contributed by atoms with Gasteiger partial charge >= 0.3 is 0 Å². The third kappa shape index (κ3) is 2.87. The van der Waals surface area contributed by atoms with Crippen molar-refractivity contribution >= 4 is 17.2 Å². The molecule has 0 radical (unpaired) electrons. The van der Waals surface area contributed by atoms with Gasteiger partial charge in [-0.2, -0.15) is 0 Å². The summed E-state index contributed by atoms with van der Waals surface area (Å²) in [6, 6.07) is 9.52. The molecule has 4 nitrogen and oxygen atoms in total. The van der Waals surface area contributed by atoms with Gasteiger partial charge in [-0.1, -0.05) is 0 Å². The summed E-state index contributed by atoms with van der Waals surface area (Å²) < 4.78 is 10.7. The summed E-state index contributed by atoms with van der Waals surface area (Å²) in [4.78, 5) is 15.9. The SMILES string of the molecule is O=C(c1ccc(OCC2CO2)cc1)N1CCc2sccc2C1. The third-order valence-electron chi connectivity index (χ3n) is 4.03. The first-order valence-electron chi connectivity index (χ1n) is 7.48. The first-order valence-corrected chi connectivity index (χ1v) is 8.36. The molecular formula is C17H17NO3S. The van der Waals surface area contributed by atoms with Crippen LogP contribution in [0.3, 0.4) is 0 Å². The van der Waals surface area contributed by atoms with Crippen LogP contribution in [0.15, 0.2) is 35.7 Å². The summed E-state index contributed by atoms with van der Waals surface area (Å²) in [6.07, 6.45) is 1.20. The molecule has 1 atom stereocenters. The van der Waals surface area contributed by atoms with Crippen molar-refractivity contribution in [2.45, 2.75) is 19.1 Å². The number of nitrogens with zero attached hydrogens (tertiary/aromatic N) is 1. The minimum absolute atomic E-state index is 0.0916. The summed E-state index contributed by atoms with van der Waals surface area (Å²) in [5, 5.41) is 2.11. The van der Waals surface area contributed by atoms with Crippen molar-refractivity contribution in [3.05, 3.63) is 51.7 Å². The second-order valence-electron chi connectivity index (χ2n) is 5.64. The lowest BCUT2D eigenvalue weighted by molar-refractivity contribution is 0.0736. The topological polar surface area (TPSA) is 42.1 Å². The van der Waals surface area contributed by atoms with Gasteiger partial charge in [-0.3, -0.25) is 4.79 Å². The number of amides is 1. The number of ether oxygens (including phenoxy) is 2. The number of carbonyl (C=O) groups is 1. The molecule has 5 heteroatoms. The molecule has 2 aromatic rings. The molecule has 22 heavy (non-hydrogen) atoms. The smallest absolute Gasteiger partial charge is 0.254 e. The van der Waals surface area contributed by atoms with E-state index in [1.165, 1.54) is 10.4 Å². The number of thiophene rings is 1. The van der Waals surface area contributed by atoms with E-state index in [-0.39, 0.29) is 12.0 Å². The molecule has 0 aliphatic carbocycles. The maximum absolute atomic E-state index is 12.6. The van der Waals surface area contributed by atoms with Gasteiger partial charge in [0.15, 0.2) is 0 Å². The van der Waals surface area contributed by atoms with Crippen molar-refractivity contribution in [3.8, 4) is 5.75 Å². The Hall–Kier alpha value is -1.85. The number of carbonyl (C=O) groups excluding carboxylic acids is 1. The van der Waals surface area contributed by atoms with Gasteiger partial charge in [-0.25, -0.2) is 0 Å². The van der Waals surface area contributed by atoms with Crippen molar-refractivity contribution in [3.63, 3.8) is 0 Å². The van der Waals surface area contributed by atoms with Crippen LogP contribution in [0, 0.1) is 0 Å². The molecule has 0 saturated carbocycles. The monoisotopic (exact) mass is 315 g/mol. The Morgan fingerprint density at radius 3 is 2.91 bits per heavy atom. The van der Waals surface area contributed by atoms with Crippen molar-refractivity contribution in [1.82, 2.24) is 4.90 Å².